The first-order chi connectivity index (χ1) is 17.4. The van der Waals surface area contributed by atoms with Crippen LogP contribution >= 0.6 is 31.9 Å². The number of hydrogen-bond donors (Lipinski definition) is 0. The number of esters is 1. The Morgan fingerprint density at radius 1 is 1.17 bits per heavy atom. The van der Waals surface area contributed by atoms with Crippen LogP contribution in [0.2, 0.25) is 0 Å². The predicted molar refractivity (Wildman–Crippen MR) is 145 cm³/mol. The number of halogens is 2. The Morgan fingerprint density at radius 3 is 2.64 bits per heavy atom. The predicted octanol–water partition coefficient (Wildman–Crippen LogP) is 5.80. The maximum atomic E-state index is 13.5. The highest BCUT2D eigenvalue weighted by Gasteiger charge is 2.23. The van der Waals surface area contributed by atoms with Gasteiger partial charge in [0.1, 0.15) is 5.82 Å². The number of ether oxygens (including phenoxy) is 3. The maximum absolute atomic E-state index is 13.5. The molecule has 0 bridgehead atoms. The molecule has 0 saturated heterocycles. The molecule has 1 aliphatic rings. The number of hydrogen-bond acceptors (Lipinski definition) is 7. The van der Waals surface area contributed by atoms with E-state index in [0.29, 0.717) is 49.3 Å². The molecule has 0 spiro atoms. The summed E-state index contributed by atoms with van der Waals surface area (Å²) in [6.07, 6.45) is 6.99. The van der Waals surface area contributed by atoms with E-state index in [-0.39, 0.29) is 18.1 Å². The largest absolute Gasteiger partial charge is 0.490 e. The zero-order valence-corrected chi connectivity index (χ0v) is 23.3. The fourth-order valence-electron chi connectivity index (χ4n) is 4.28. The molecule has 2 aromatic carbocycles. The second-order valence-electron chi connectivity index (χ2n) is 8.40. The molecular formula is C26H27Br2N3O5. The first-order valence-electron chi connectivity index (χ1n) is 11.8. The molecule has 1 saturated carbocycles. The highest BCUT2D eigenvalue weighted by Crippen LogP contribution is 2.42. The first-order valence-corrected chi connectivity index (χ1v) is 13.4. The van der Waals surface area contributed by atoms with Crippen LogP contribution in [0.1, 0.15) is 56.3 Å². The van der Waals surface area contributed by atoms with E-state index in [4.69, 9.17) is 14.5 Å². The van der Waals surface area contributed by atoms with Gasteiger partial charge in [-0.15, -0.1) is 0 Å². The van der Waals surface area contributed by atoms with E-state index in [0.717, 1.165) is 25.7 Å². The summed E-state index contributed by atoms with van der Waals surface area (Å²) >= 11 is 7.10. The summed E-state index contributed by atoms with van der Waals surface area (Å²) in [5, 5.41) is 5.14. The topological polar surface area (TPSA) is 92.0 Å². The summed E-state index contributed by atoms with van der Waals surface area (Å²) in [5.41, 5.74) is 1.14. The summed E-state index contributed by atoms with van der Waals surface area (Å²) < 4.78 is 18.7. The molecule has 1 aliphatic carbocycles. The van der Waals surface area contributed by atoms with Crippen LogP contribution in [0.3, 0.4) is 0 Å². The van der Waals surface area contributed by atoms with E-state index in [2.05, 4.69) is 41.7 Å². The van der Waals surface area contributed by atoms with Crippen LogP contribution in [-0.4, -0.2) is 42.2 Å². The molecule has 0 radical (unpaired) electrons. The van der Waals surface area contributed by atoms with Crippen molar-refractivity contribution in [1.82, 2.24) is 9.66 Å². The Kier molecular flexibility index (Phi) is 8.79. The Morgan fingerprint density at radius 2 is 1.92 bits per heavy atom. The lowest BCUT2D eigenvalue weighted by Gasteiger charge is -2.22. The normalized spacial score (nSPS) is 14.3. The van der Waals surface area contributed by atoms with Crippen LogP contribution in [0, 0.1) is 0 Å². The van der Waals surface area contributed by atoms with Crippen LogP contribution in [-0.2, 0) is 9.53 Å². The quantitative estimate of drug-likeness (QED) is 0.233. The molecule has 190 valence electrons. The number of aromatic nitrogens is 2. The standard InChI is InChI=1S/C26H27Br2N3O5/c1-3-35-20-13-17(22(27)23(28)24(20)36-15-21(32)34-2)14-29-31-25(16-9-5-4-6-10-16)30-19-12-8-7-11-18(19)26(31)33/h7-8,11-14,16H,3-6,9-10,15H2,1-2H3. The maximum Gasteiger partial charge on any atom is 0.343 e. The van der Waals surface area contributed by atoms with Crippen LogP contribution in [0.25, 0.3) is 10.9 Å². The van der Waals surface area contributed by atoms with Crippen molar-refractivity contribution in [3.63, 3.8) is 0 Å². The fraction of sp³-hybridized carbons (Fsp3) is 0.385. The third kappa shape index (κ3) is 5.64. The number of rotatable bonds is 8. The van der Waals surface area contributed by atoms with Gasteiger partial charge in [0.2, 0.25) is 0 Å². The first kappa shape index (κ1) is 26.3. The van der Waals surface area contributed by atoms with Crippen LogP contribution < -0.4 is 15.0 Å². The Balaban J connectivity index is 1.78. The van der Waals surface area contributed by atoms with Gasteiger partial charge in [-0.1, -0.05) is 31.4 Å². The molecule has 0 unspecified atom stereocenters. The highest BCUT2D eigenvalue weighted by atomic mass is 79.9. The fourth-order valence-corrected chi connectivity index (χ4v) is 5.22. The van der Waals surface area contributed by atoms with E-state index in [1.165, 1.54) is 18.2 Å². The lowest BCUT2D eigenvalue weighted by molar-refractivity contribution is -0.142. The second-order valence-corrected chi connectivity index (χ2v) is 9.99. The number of fused-ring (bicyclic) bond motifs is 1. The van der Waals surface area contributed by atoms with Gasteiger partial charge in [-0.05, 0) is 69.8 Å². The van der Waals surface area contributed by atoms with Crippen molar-refractivity contribution in [2.24, 2.45) is 5.10 Å². The van der Waals surface area contributed by atoms with Crippen molar-refractivity contribution in [1.29, 1.82) is 0 Å². The summed E-state index contributed by atoms with van der Waals surface area (Å²) in [6, 6.07) is 9.10. The van der Waals surface area contributed by atoms with Gasteiger partial charge in [0.05, 0.1) is 35.3 Å². The molecule has 8 nitrogen and oxygen atoms in total. The number of carbonyl (C=O) groups is 1. The number of methoxy groups -OCH3 is 1. The number of benzene rings is 2. The van der Waals surface area contributed by atoms with Crippen molar-refractivity contribution in [3.8, 4) is 11.5 Å². The number of nitrogens with zero attached hydrogens (tertiary/aromatic N) is 3. The zero-order valence-electron chi connectivity index (χ0n) is 20.1. The van der Waals surface area contributed by atoms with Crippen molar-refractivity contribution in [2.75, 3.05) is 20.3 Å². The van der Waals surface area contributed by atoms with Gasteiger partial charge in [-0.25, -0.2) is 9.78 Å². The molecule has 0 aliphatic heterocycles. The molecular weight excluding hydrogens is 594 g/mol. The molecule has 1 fully saturated rings. The van der Waals surface area contributed by atoms with Crippen molar-refractivity contribution in [2.45, 2.75) is 44.9 Å². The van der Waals surface area contributed by atoms with Crippen LogP contribution in [0.4, 0.5) is 0 Å². The van der Waals surface area contributed by atoms with Crippen molar-refractivity contribution < 1.29 is 19.0 Å². The van der Waals surface area contributed by atoms with Gasteiger partial charge in [0.15, 0.2) is 18.1 Å². The lowest BCUT2D eigenvalue weighted by Crippen LogP contribution is -2.25. The van der Waals surface area contributed by atoms with Crippen LogP contribution in [0.5, 0.6) is 11.5 Å². The van der Waals surface area contributed by atoms with Crippen molar-refractivity contribution in [3.05, 3.63) is 61.0 Å². The Hall–Kier alpha value is -2.72. The summed E-state index contributed by atoms with van der Waals surface area (Å²) in [5.74, 6) is 1.14. The number of carbonyl (C=O) groups excluding carboxylic acids is 1. The minimum atomic E-state index is -0.510. The van der Waals surface area contributed by atoms with Gasteiger partial charge < -0.3 is 14.2 Å². The molecule has 0 N–H and O–H groups in total. The number of para-hydroxylation sites is 1. The van der Waals surface area contributed by atoms with Crippen molar-refractivity contribution >= 4 is 54.9 Å². The molecule has 0 atom stereocenters. The highest BCUT2D eigenvalue weighted by molar-refractivity contribution is 9.13. The lowest BCUT2D eigenvalue weighted by atomic mass is 9.88. The molecule has 4 rings (SSSR count). The molecule has 1 aromatic heterocycles. The third-order valence-electron chi connectivity index (χ3n) is 6.08. The molecule has 0 amide bonds. The summed E-state index contributed by atoms with van der Waals surface area (Å²) in [7, 11) is 1.30. The Bertz CT molecular complexity index is 1350. The van der Waals surface area contributed by atoms with E-state index in [9.17, 15) is 9.59 Å². The summed E-state index contributed by atoms with van der Waals surface area (Å²) in [6.45, 7) is 1.97. The Labute approximate surface area is 225 Å². The second kappa shape index (κ2) is 12.0. The zero-order chi connectivity index (χ0) is 25.7. The van der Waals surface area contributed by atoms with Gasteiger partial charge in [0, 0.05) is 16.0 Å². The van der Waals surface area contributed by atoms with E-state index >= 15 is 0 Å². The average Bonchev–Trinajstić information content (AvgIpc) is 2.90. The third-order valence-corrected chi connectivity index (χ3v) is 8.22. The molecule has 1 heterocycles. The molecule has 10 heteroatoms. The van der Waals surface area contributed by atoms with E-state index < -0.39 is 5.97 Å². The minimum absolute atomic E-state index is 0.177. The van der Waals surface area contributed by atoms with E-state index in [1.807, 2.05) is 25.1 Å². The van der Waals surface area contributed by atoms with Gasteiger partial charge in [-0.3, -0.25) is 4.79 Å². The molecule has 3 aromatic rings. The van der Waals surface area contributed by atoms with Gasteiger partial charge >= 0.3 is 5.97 Å². The smallest absolute Gasteiger partial charge is 0.343 e. The van der Waals surface area contributed by atoms with Gasteiger partial charge in [-0.2, -0.15) is 9.78 Å². The van der Waals surface area contributed by atoms with Gasteiger partial charge in [0.25, 0.3) is 5.56 Å². The summed E-state index contributed by atoms with van der Waals surface area (Å²) in [4.78, 5) is 29.9. The minimum Gasteiger partial charge on any atom is -0.490 e. The molecule has 36 heavy (non-hydrogen) atoms. The average molecular weight is 621 g/mol. The monoisotopic (exact) mass is 619 g/mol. The SMILES string of the molecule is CCOc1cc(C=Nn2c(C3CCCCC3)nc3ccccc3c2=O)c(Br)c(Br)c1OCC(=O)OC. The van der Waals surface area contributed by atoms with E-state index in [1.54, 1.807) is 18.3 Å². The van der Waals surface area contributed by atoms with Crippen LogP contribution in [0.15, 0.2) is 49.2 Å².